The van der Waals surface area contributed by atoms with E-state index in [0.29, 0.717) is 16.9 Å². The molecule has 10 atom stereocenters. The number of nitrogens with zero attached hydrogens (tertiary/aromatic N) is 1. The van der Waals surface area contributed by atoms with Gasteiger partial charge in [-0.15, -0.1) is 0 Å². The second-order valence-electron chi connectivity index (χ2n) is 12.5. The molecular formula is C29H42N2O2. The third-order valence-electron chi connectivity index (χ3n) is 10.7. The zero-order valence-corrected chi connectivity index (χ0v) is 20.6. The highest BCUT2D eigenvalue weighted by atomic mass is 16.3. The van der Waals surface area contributed by atoms with Gasteiger partial charge in [0, 0.05) is 6.04 Å². The van der Waals surface area contributed by atoms with Crippen LogP contribution in [0.4, 0.5) is 0 Å². The molecule has 0 saturated heterocycles. The Labute approximate surface area is 199 Å². The molecule has 1 aromatic rings. The van der Waals surface area contributed by atoms with Gasteiger partial charge in [0.15, 0.2) is 0 Å². The van der Waals surface area contributed by atoms with Gasteiger partial charge in [0.25, 0.3) is 0 Å². The number of hydrogen-bond acceptors (Lipinski definition) is 4. The number of nitriles is 1. The fourth-order valence-corrected chi connectivity index (χ4v) is 9.18. The van der Waals surface area contributed by atoms with Crippen LogP contribution in [0.25, 0.3) is 0 Å². The molecule has 4 aliphatic carbocycles. The van der Waals surface area contributed by atoms with Crippen LogP contribution in [0.3, 0.4) is 0 Å². The summed E-state index contributed by atoms with van der Waals surface area (Å²) in [5.41, 5.74) is 1.27. The number of aliphatic hydroxyl groups is 2. The summed E-state index contributed by atoms with van der Waals surface area (Å²) in [6.45, 7) is 6.85. The zero-order chi connectivity index (χ0) is 23.4. The Morgan fingerprint density at radius 3 is 2.61 bits per heavy atom. The molecule has 4 heteroatoms. The molecule has 1 unspecified atom stereocenters. The van der Waals surface area contributed by atoms with E-state index in [1.807, 2.05) is 19.1 Å². The monoisotopic (exact) mass is 450 g/mol. The van der Waals surface area contributed by atoms with E-state index >= 15 is 0 Å². The molecule has 0 amide bonds. The van der Waals surface area contributed by atoms with E-state index in [-0.39, 0.29) is 6.04 Å². The van der Waals surface area contributed by atoms with Gasteiger partial charge in [-0.25, -0.2) is 0 Å². The molecule has 0 bridgehead atoms. The Kier molecular flexibility index (Phi) is 6.13. The molecule has 0 aromatic heterocycles. The maximum absolute atomic E-state index is 10.9. The van der Waals surface area contributed by atoms with Crippen molar-refractivity contribution in [3.63, 3.8) is 0 Å². The van der Waals surface area contributed by atoms with Gasteiger partial charge in [0.1, 0.15) is 6.23 Å². The lowest BCUT2D eigenvalue weighted by Gasteiger charge is -2.57. The molecule has 0 heterocycles. The SMILES string of the molecule is C[C@H](NC(O)c1cccc(C#N)c1)[C@H]1CC[C@H]2[C@@H]3CC[C@@H]4C[C@](C)(O)CC[C@@H]4[C@H]3CC[C@]12C. The van der Waals surface area contributed by atoms with Crippen LogP contribution in [0.1, 0.15) is 95.9 Å². The van der Waals surface area contributed by atoms with Gasteiger partial charge in [0.2, 0.25) is 0 Å². The highest BCUT2D eigenvalue weighted by Crippen LogP contribution is 2.65. The van der Waals surface area contributed by atoms with E-state index in [2.05, 4.69) is 25.2 Å². The summed E-state index contributed by atoms with van der Waals surface area (Å²) >= 11 is 0. The minimum absolute atomic E-state index is 0.235. The van der Waals surface area contributed by atoms with E-state index in [4.69, 9.17) is 0 Å². The van der Waals surface area contributed by atoms with Gasteiger partial charge in [-0.05, 0) is 130 Å². The van der Waals surface area contributed by atoms with Gasteiger partial charge in [-0.2, -0.15) is 5.26 Å². The summed E-state index contributed by atoms with van der Waals surface area (Å²) in [5.74, 6) is 4.64. The Balaban J connectivity index is 1.27. The molecule has 5 rings (SSSR count). The fourth-order valence-electron chi connectivity index (χ4n) is 9.18. The largest absolute Gasteiger partial charge is 0.390 e. The molecular weight excluding hydrogens is 408 g/mol. The van der Waals surface area contributed by atoms with Crippen LogP contribution >= 0.6 is 0 Å². The van der Waals surface area contributed by atoms with Crippen molar-refractivity contribution in [2.24, 2.45) is 40.9 Å². The lowest BCUT2D eigenvalue weighted by molar-refractivity contribution is -0.102. The molecule has 4 nitrogen and oxygen atoms in total. The third kappa shape index (κ3) is 4.15. The lowest BCUT2D eigenvalue weighted by atomic mass is 9.49. The van der Waals surface area contributed by atoms with Crippen LogP contribution < -0.4 is 5.32 Å². The average molecular weight is 451 g/mol. The Morgan fingerprint density at radius 2 is 1.82 bits per heavy atom. The van der Waals surface area contributed by atoms with Crippen molar-refractivity contribution in [1.29, 1.82) is 5.26 Å². The first-order valence-corrected chi connectivity index (χ1v) is 13.4. The van der Waals surface area contributed by atoms with Crippen LogP contribution in [-0.2, 0) is 0 Å². The molecule has 4 fully saturated rings. The third-order valence-corrected chi connectivity index (χ3v) is 10.7. The summed E-state index contributed by atoms with van der Waals surface area (Å²) in [4.78, 5) is 0. The molecule has 3 N–H and O–H groups in total. The number of hydrogen-bond donors (Lipinski definition) is 3. The van der Waals surface area contributed by atoms with Crippen molar-refractivity contribution in [3.8, 4) is 6.07 Å². The standard InChI is InChI=1S/C29H42N2O2/c1-18(31-27(32)20-6-4-5-19(15-20)17-30)25-9-10-26-24-8-7-21-16-28(2,33)13-11-22(21)23(24)12-14-29(25,26)3/h4-6,15,18,21-27,31-33H,7-14,16H2,1-3H3/t18-,21+,22-,23+,24+,25+,26-,27?,28+,29+/m0/s1. The number of benzene rings is 1. The maximum Gasteiger partial charge on any atom is 0.131 e. The van der Waals surface area contributed by atoms with Crippen molar-refractivity contribution in [3.05, 3.63) is 35.4 Å². The van der Waals surface area contributed by atoms with Gasteiger partial charge >= 0.3 is 0 Å². The first-order chi connectivity index (χ1) is 15.7. The number of rotatable bonds is 4. The van der Waals surface area contributed by atoms with Crippen molar-refractivity contribution < 1.29 is 10.2 Å². The van der Waals surface area contributed by atoms with E-state index in [9.17, 15) is 15.5 Å². The van der Waals surface area contributed by atoms with E-state index in [1.165, 1.54) is 44.9 Å². The van der Waals surface area contributed by atoms with E-state index in [0.717, 1.165) is 48.0 Å². The van der Waals surface area contributed by atoms with Crippen LogP contribution in [0.2, 0.25) is 0 Å². The van der Waals surface area contributed by atoms with Crippen molar-refractivity contribution >= 4 is 0 Å². The summed E-state index contributed by atoms with van der Waals surface area (Å²) in [5, 5.41) is 34.2. The van der Waals surface area contributed by atoms with Crippen LogP contribution in [0.15, 0.2) is 24.3 Å². The number of nitrogens with one attached hydrogen (secondary N) is 1. The summed E-state index contributed by atoms with van der Waals surface area (Å²) in [6, 6.07) is 9.72. The Bertz CT molecular complexity index is 907. The Hall–Kier alpha value is -1.41. The smallest absolute Gasteiger partial charge is 0.131 e. The van der Waals surface area contributed by atoms with Crippen molar-refractivity contribution in [1.82, 2.24) is 5.32 Å². The minimum atomic E-state index is -0.738. The van der Waals surface area contributed by atoms with Gasteiger partial charge in [-0.3, -0.25) is 5.32 Å². The van der Waals surface area contributed by atoms with Crippen molar-refractivity contribution in [2.75, 3.05) is 0 Å². The first-order valence-electron chi connectivity index (χ1n) is 13.4. The predicted octanol–water partition coefficient (Wildman–Crippen LogP) is 5.55. The van der Waals surface area contributed by atoms with Crippen LogP contribution in [0.5, 0.6) is 0 Å². The van der Waals surface area contributed by atoms with E-state index in [1.54, 1.807) is 12.1 Å². The van der Waals surface area contributed by atoms with Crippen molar-refractivity contribution in [2.45, 2.75) is 96.4 Å². The first kappa shape index (κ1) is 23.3. The van der Waals surface area contributed by atoms with E-state index < -0.39 is 11.8 Å². The molecule has 1 aromatic carbocycles. The molecule has 4 saturated carbocycles. The van der Waals surface area contributed by atoms with Gasteiger partial charge in [0.05, 0.1) is 17.2 Å². The minimum Gasteiger partial charge on any atom is -0.390 e. The number of aliphatic hydroxyl groups excluding tert-OH is 1. The summed E-state index contributed by atoms with van der Waals surface area (Å²) in [7, 11) is 0. The fraction of sp³-hybridized carbons (Fsp3) is 0.759. The quantitative estimate of drug-likeness (QED) is 0.526. The van der Waals surface area contributed by atoms with Crippen LogP contribution in [-0.4, -0.2) is 21.9 Å². The van der Waals surface area contributed by atoms with Gasteiger partial charge in [-0.1, -0.05) is 19.1 Å². The maximum atomic E-state index is 10.9. The molecule has 4 aliphatic rings. The topological polar surface area (TPSA) is 76.3 Å². The normalized spacial score (nSPS) is 44.1. The predicted molar refractivity (Wildman–Crippen MR) is 130 cm³/mol. The number of fused-ring (bicyclic) bond motifs is 5. The Morgan fingerprint density at radius 1 is 1.03 bits per heavy atom. The molecule has 0 spiro atoms. The lowest BCUT2D eigenvalue weighted by Crippen LogP contribution is -2.52. The van der Waals surface area contributed by atoms with Crippen LogP contribution in [0, 0.1) is 52.3 Å². The zero-order valence-electron chi connectivity index (χ0n) is 20.6. The summed E-state index contributed by atoms with van der Waals surface area (Å²) < 4.78 is 0. The highest BCUT2D eigenvalue weighted by Gasteiger charge is 2.58. The highest BCUT2D eigenvalue weighted by molar-refractivity contribution is 5.33. The molecule has 33 heavy (non-hydrogen) atoms. The molecule has 0 radical (unpaired) electrons. The second-order valence-corrected chi connectivity index (χ2v) is 12.5. The molecule has 0 aliphatic heterocycles. The van der Waals surface area contributed by atoms with Gasteiger partial charge < -0.3 is 10.2 Å². The molecule has 180 valence electrons. The average Bonchev–Trinajstić information content (AvgIpc) is 3.15. The summed E-state index contributed by atoms with van der Waals surface area (Å²) in [6.07, 6.45) is 10.3. The second kappa shape index (κ2) is 8.67.